The zero-order valence-corrected chi connectivity index (χ0v) is 21.4. The van der Waals surface area contributed by atoms with E-state index in [2.05, 4.69) is 87.7 Å². The molecule has 0 heterocycles. The molecule has 0 saturated heterocycles. The van der Waals surface area contributed by atoms with Gasteiger partial charge in [0.25, 0.3) is 0 Å². The van der Waals surface area contributed by atoms with E-state index in [-0.39, 0.29) is 5.92 Å². The average molecular weight is 459 g/mol. The van der Waals surface area contributed by atoms with Crippen LogP contribution < -0.4 is 9.80 Å². The van der Waals surface area contributed by atoms with Crippen molar-refractivity contribution in [1.29, 1.82) is 0 Å². The number of benzene rings is 3. The van der Waals surface area contributed by atoms with Crippen LogP contribution in [0.25, 0.3) is 0 Å². The number of anilines is 2. The number of nitrogens with zero attached hydrogens (tertiary/aromatic N) is 2. The van der Waals surface area contributed by atoms with E-state index in [1.54, 1.807) is 12.1 Å². The first-order valence-corrected chi connectivity index (χ1v) is 12.4. The molecule has 0 atom stereocenters. The van der Waals surface area contributed by atoms with Gasteiger partial charge in [0.1, 0.15) is 0 Å². The second kappa shape index (κ2) is 11.2. The van der Waals surface area contributed by atoms with Crippen molar-refractivity contribution in [2.24, 2.45) is 0 Å². The Kier molecular flexibility index (Phi) is 8.38. The smallest absolute Gasteiger partial charge is 0.335 e. The van der Waals surface area contributed by atoms with Crippen molar-refractivity contribution in [3.05, 3.63) is 94.0 Å². The van der Waals surface area contributed by atoms with Crippen molar-refractivity contribution in [2.45, 2.75) is 47.5 Å². The Morgan fingerprint density at radius 1 is 0.706 bits per heavy atom. The van der Waals surface area contributed by atoms with Crippen LogP contribution in [0.2, 0.25) is 0 Å². The summed E-state index contributed by atoms with van der Waals surface area (Å²) >= 11 is 0. The molecule has 0 aliphatic carbocycles. The minimum absolute atomic E-state index is 0.00821. The SMILES string of the molecule is CCN(CC)c1ccc(C)c(C(c2ccc(C(=O)O)cc2)c2cc(N(CC)CC)ccc2C)c1. The number of carboxylic acid groups (broad SMARTS) is 1. The van der Waals surface area contributed by atoms with Gasteiger partial charge in [-0.1, -0.05) is 24.3 Å². The molecule has 4 heteroatoms. The monoisotopic (exact) mass is 458 g/mol. The van der Waals surface area contributed by atoms with Gasteiger partial charge in [0.2, 0.25) is 0 Å². The highest BCUT2D eigenvalue weighted by atomic mass is 16.4. The van der Waals surface area contributed by atoms with Crippen molar-refractivity contribution < 1.29 is 9.90 Å². The molecule has 34 heavy (non-hydrogen) atoms. The highest BCUT2D eigenvalue weighted by Crippen LogP contribution is 2.39. The maximum Gasteiger partial charge on any atom is 0.335 e. The van der Waals surface area contributed by atoms with Crippen molar-refractivity contribution in [3.63, 3.8) is 0 Å². The zero-order valence-electron chi connectivity index (χ0n) is 21.4. The molecule has 0 aliphatic rings. The van der Waals surface area contributed by atoms with Crippen LogP contribution >= 0.6 is 0 Å². The van der Waals surface area contributed by atoms with Crippen molar-refractivity contribution in [3.8, 4) is 0 Å². The fourth-order valence-electron chi connectivity index (χ4n) is 4.79. The Bertz CT molecular complexity index is 1050. The third kappa shape index (κ3) is 5.27. The maximum absolute atomic E-state index is 11.5. The number of carbonyl (C=O) groups is 1. The molecule has 4 nitrogen and oxygen atoms in total. The van der Waals surface area contributed by atoms with E-state index in [9.17, 15) is 9.90 Å². The molecule has 0 fully saturated rings. The Morgan fingerprint density at radius 2 is 1.12 bits per heavy atom. The summed E-state index contributed by atoms with van der Waals surface area (Å²) in [4.78, 5) is 16.2. The normalized spacial score (nSPS) is 11.0. The molecule has 3 aromatic carbocycles. The standard InChI is InChI=1S/C30H38N2O2/c1-7-31(8-2)25-17-11-21(5)27(19-25)29(23-13-15-24(16-14-23)30(33)34)28-20-26(18-12-22(28)6)32(9-3)10-4/h11-20,29H,7-10H2,1-6H3,(H,33,34). The lowest BCUT2D eigenvalue weighted by Gasteiger charge is -2.28. The molecule has 0 amide bonds. The first-order valence-electron chi connectivity index (χ1n) is 12.4. The van der Waals surface area contributed by atoms with E-state index in [4.69, 9.17) is 0 Å². The Labute approximate surface area is 204 Å². The van der Waals surface area contributed by atoms with Gasteiger partial charge in [-0.05, 0) is 106 Å². The summed E-state index contributed by atoms with van der Waals surface area (Å²) in [5, 5.41) is 9.43. The van der Waals surface area contributed by atoms with E-state index >= 15 is 0 Å². The third-order valence-electron chi connectivity index (χ3n) is 6.90. The molecular formula is C30H38N2O2. The number of hydrogen-bond donors (Lipinski definition) is 1. The van der Waals surface area contributed by atoms with Gasteiger partial charge in [0, 0.05) is 43.5 Å². The van der Waals surface area contributed by atoms with Crippen molar-refractivity contribution in [2.75, 3.05) is 36.0 Å². The van der Waals surface area contributed by atoms with Crippen LogP contribution in [0.4, 0.5) is 11.4 Å². The van der Waals surface area contributed by atoms with Crippen LogP contribution in [-0.2, 0) is 0 Å². The highest BCUT2D eigenvalue weighted by molar-refractivity contribution is 5.87. The van der Waals surface area contributed by atoms with E-state index in [1.807, 2.05) is 12.1 Å². The molecule has 0 spiro atoms. The van der Waals surface area contributed by atoms with Crippen LogP contribution in [0, 0.1) is 13.8 Å². The predicted octanol–water partition coefficient (Wildman–Crippen LogP) is 6.87. The molecule has 3 aromatic rings. The summed E-state index contributed by atoms with van der Waals surface area (Å²) < 4.78 is 0. The first kappa shape index (κ1) is 25.4. The number of hydrogen-bond acceptors (Lipinski definition) is 3. The average Bonchev–Trinajstić information content (AvgIpc) is 2.84. The van der Waals surface area contributed by atoms with Gasteiger partial charge in [0.15, 0.2) is 0 Å². The molecule has 0 radical (unpaired) electrons. The second-order valence-corrected chi connectivity index (χ2v) is 8.79. The lowest BCUT2D eigenvalue weighted by Crippen LogP contribution is -2.23. The maximum atomic E-state index is 11.5. The molecule has 0 aliphatic heterocycles. The summed E-state index contributed by atoms with van der Waals surface area (Å²) in [7, 11) is 0. The largest absolute Gasteiger partial charge is 0.478 e. The molecule has 180 valence electrons. The molecule has 0 bridgehead atoms. The minimum atomic E-state index is -0.900. The zero-order chi connectivity index (χ0) is 24.8. The van der Waals surface area contributed by atoms with Gasteiger partial charge in [-0.15, -0.1) is 0 Å². The summed E-state index contributed by atoms with van der Waals surface area (Å²) in [5.41, 5.74) is 8.83. The van der Waals surface area contributed by atoms with E-state index in [0.717, 1.165) is 31.7 Å². The van der Waals surface area contributed by atoms with Crippen LogP contribution in [-0.4, -0.2) is 37.3 Å². The van der Waals surface area contributed by atoms with Gasteiger partial charge >= 0.3 is 5.97 Å². The molecule has 0 unspecified atom stereocenters. The lowest BCUT2D eigenvalue weighted by atomic mass is 9.80. The summed E-state index contributed by atoms with van der Waals surface area (Å²) in [6.45, 7) is 16.9. The summed E-state index contributed by atoms with van der Waals surface area (Å²) in [6.07, 6.45) is 0. The summed E-state index contributed by atoms with van der Waals surface area (Å²) in [5.74, 6) is -0.892. The van der Waals surface area contributed by atoms with Crippen LogP contribution in [0.1, 0.15) is 71.8 Å². The minimum Gasteiger partial charge on any atom is -0.478 e. The molecule has 0 aromatic heterocycles. The van der Waals surface area contributed by atoms with Gasteiger partial charge < -0.3 is 14.9 Å². The van der Waals surface area contributed by atoms with Crippen LogP contribution in [0.15, 0.2) is 60.7 Å². The fourth-order valence-corrected chi connectivity index (χ4v) is 4.79. The van der Waals surface area contributed by atoms with E-state index in [1.165, 1.54) is 33.6 Å². The second-order valence-electron chi connectivity index (χ2n) is 8.79. The molecular weight excluding hydrogens is 420 g/mol. The van der Waals surface area contributed by atoms with E-state index in [0.29, 0.717) is 5.56 Å². The summed E-state index contributed by atoms with van der Waals surface area (Å²) in [6, 6.07) is 20.9. The highest BCUT2D eigenvalue weighted by Gasteiger charge is 2.23. The lowest BCUT2D eigenvalue weighted by molar-refractivity contribution is 0.0697. The van der Waals surface area contributed by atoms with Crippen LogP contribution in [0.3, 0.4) is 0 Å². The molecule has 3 rings (SSSR count). The van der Waals surface area contributed by atoms with Gasteiger partial charge in [-0.25, -0.2) is 4.79 Å². The molecule has 1 N–H and O–H groups in total. The predicted molar refractivity (Wildman–Crippen MR) is 144 cm³/mol. The number of aromatic carboxylic acids is 1. The first-order chi connectivity index (χ1) is 16.3. The number of rotatable bonds is 10. The van der Waals surface area contributed by atoms with E-state index < -0.39 is 5.97 Å². The fraction of sp³-hybridized carbons (Fsp3) is 0.367. The Hall–Kier alpha value is -3.27. The van der Waals surface area contributed by atoms with Gasteiger partial charge in [0.05, 0.1) is 5.56 Å². The Morgan fingerprint density at radius 3 is 1.47 bits per heavy atom. The van der Waals surface area contributed by atoms with Gasteiger partial charge in [-0.3, -0.25) is 0 Å². The topological polar surface area (TPSA) is 43.8 Å². The third-order valence-corrected chi connectivity index (χ3v) is 6.90. The molecule has 0 saturated carbocycles. The van der Waals surface area contributed by atoms with Crippen molar-refractivity contribution in [1.82, 2.24) is 0 Å². The number of aryl methyl sites for hydroxylation is 2. The van der Waals surface area contributed by atoms with Crippen molar-refractivity contribution >= 4 is 17.3 Å². The van der Waals surface area contributed by atoms with Gasteiger partial charge in [-0.2, -0.15) is 0 Å². The Balaban J connectivity index is 2.26. The quantitative estimate of drug-likeness (QED) is 0.337. The van der Waals surface area contributed by atoms with Crippen LogP contribution in [0.5, 0.6) is 0 Å². The number of carboxylic acids is 1.